The third kappa shape index (κ3) is 4.12. The van der Waals surface area contributed by atoms with Gasteiger partial charge < -0.3 is 4.90 Å². The Bertz CT molecular complexity index is 699. The number of nitrogens with zero attached hydrogens (tertiary/aromatic N) is 2. The van der Waals surface area contributed by atoms with Crippen LogP contribution >= 0.6 is 11.6 Å². The van der Waals surface area contributed by atoms with E-state index in [-0.39, 0.29) is 17.8 Å². The van der Waals surface area contributed by atoms with Crippen molar-refractivity contribution in [2.75, 3.05) is 6.54 Å². The SMILES string of the molecule is O=C(c1ccnc(Cl)c1)N(CCc1ccc(F)cc1)C1CCCC1. The zero-order chi connectivity index (χ0) is 16.9. The van der Waals surface area contributed by atoms with Crippen LogP contribution in [0.3, 0.4) is 0 Å². The molecule has 1 saturated carbocycles. The van der Waals surface area contributed by atoms with E-state index in [9.17, 15) is 9.18 Å². The number of aromatic nitrogens is 1. The van der Waals surface area contributed by atoms with Crippen LogP contribution in [0.1, 0.15) is 41.6 Å². The van der Waals surface area contributed by atoms with Gasteiger partial charge in [0.25, 0.3) is 5.91 Å². The first-order chi connectivity index (χ1) is 11.6. The molecule has 0 atom stereocenters. The van der Waals surface area contributed by atoms with Gasteiger partial charge in [0.2, 0.25) is 0 Å². The molecule has 0 unspecified atom stereocenters. The van der Waals surface area contributed by atoms with Crippen molar-refractivity contribution in [2.24, 2.45) is 0 Å². The van der Waals surface area contributed by atoms with Gasteiger partial charge in [0, 0.05) is 24.3 Å². The maximum absolute atomic E-state index is 13.0. The molecule has 1 amide bonds. The highest BCUT2D eigenvalue weighted by atomic mass is 35.5. The van der Waals surface area contributed by atoms with Crippen LogP contribution in [0.5, 0.6) is 0 Å². The quantitative estimate of drug-likeness (QED) is 0.747. The number of hydrogen-bond donors (Lipinski definition) is 0. The second kappa shape index (κ2) is 7.75. The van der Waals surface area contributed by atoms with Gasteiger partial charge in [-0.05, 0) is 49.1 Å². The maximum Gasteiger partial charge on any atom is 0.254 e. The zero-order valence-electron chi connectivity index (χ0n) is 13.4. The van der Waals surface area contributed by atoms with Crippen LogP contribution in [0.15, 0.2) is 42.6 Å². The van der Waals surface area contributed by atoms with E-state index < -0.39 is 0 Å². The van der Waals surface area contributed by atoms with Crippen LogP contribution in [-0.4, -0.2) is 28.4 Å². The van der Waals surface area contributed by atoms with E-state index in [0.29, 0.717) is 23.7 Å². The molecule has 1 fully saturated rings. The molecule has 3 rings (SSSR count). The Morgan fingerprint density at radius 1 is 1.21 bits per heavy atom. The Morgan fingerprint density at radius 2 is 1.92 bits per heavy atom. The fourth-order valence-electron chi connectivity index (χ4n) is 3.27. The summed E-state index contributed by atoms with van der Waals surface area (Å²) in [4.78, 5) is 18.8. The van der Waals surface area contributed by atoms with E-state index in [1.807, 2.05) is 4.90 Å². The van der Waals surface area contributed by atoms with Crippen LogP contribution in [0.25, 0.3) is 0 Å². The molecule has 0 spiro atoms. The van der Waals surface area contributed by atoms with E-state index in [4.69, 9.17) is 11.6 Å². The Labute approximate surface area is 146 Å². The summed E-state index contributed by atoms with van der Waals surface area (Å²) in [6, 6.07) is 10.0. The molecule has 0 N–H and O–H groups in total. The summed E-state index contributed by atoms with van der Waals surface area (Å²) in [5.41, 5.74) is 1.60. The van der Waals surface area contributed by atoms with Crippen molar-refractivity contribution in [3.63, 3.8) is 0 Å². The van der Waals surface area contributed by atoms with Crippen molar-refractivity contribution in [1.29, 1.82) is 0 Å². The molecular weight excluding hydrogens is 327 g/mol. The van der Waals surface area contributed by atoms with Gasteiger partial charge in [-0.25, -0.2) is 9.37 Å². The van der Waals surface area contributed by atoms with Crippen LogP contribution in [-0.2, 0) is 6.42 Å². The highest BCUT2D eigenvalue weighted by molar-refractivity contribution is 6.29. The summed E-state index contributed by atoms with van der Waals surface area (Å²) in [6.45, 7) is 0.620. The van der Waals surface area contributed by atoms with Gasteiger partial charge in [-0.1, -0.05) is 36.6 Å². The lowest BCUT2D eigenvalue weighted by Crippen LogP contribution is -2.40. The normalized spacial score (nSPS) is 14.8. The Balaban J connectivity index is 1.75. The number of benzene rings is 1. The van der Waals surface area contributed by atoms with E-state index in [1.54, 1.807) is 30.5 Å². The lowest BCUT2D eigenvalue weighted by molar-refractivity contribution is 0.0684. The molecule has 0 bridgehead atoms. The lowest BCUT2D eigenvalue weighted by Gasteiger charge is -2.29. The van der Waals surface area contributed by atoms with E-state index in [2.05, 4.69) is 4.98 Å². The van der Waals surface area contributed by atoms with E-state index in [0.717, 1.165) is 31.2 Å². The van der Waals surface area contributed by atoms with Crippen LogP contribution < -0.4 is 0 Å². The standard InChI is InChI=1S/C19H20ClFN2O/c20-18-13-15(9-11-22-18)19(24)23(17-3-1-2-4-17)12-10-14-5-7-16(21)8-6-14/h5-9,11,13,17H,1-4,10,12H2. The maximum atomic E-state index is 13.0. The third-order valence-electron chi connectivity index (χ3n) is 4.55. The van der Waals surface area contributed by atoms with Crippen molar-refractivity contribution in [3.8, 4) is 0 Å². The fraction of sp³-hybridized carbons (Fsp3) is 0.368. The van der Waals surface area contributed by atoms with Gasteiger partial charge in [-0.2, -0.15) is 0 Å². The first kappa shape index (κ1) is 16.9. The Morgan fingerprint density at radius 3 is 2.58 bits per heavy atom. The monoisotopic (exact) mass is 346 g/mol. The minimum atomic E-state index is -0.242. The van der Waals surface area contributed by atoms with Crippen molar-refractivity contribution in [3.05, 3.63) is 64.7 Å². The fourth-order valence-corrected chi connectivity index (χ4v) is 3.44. The van der Waals surface area contributed by atoms with Crippen molar-refractivity contribution < 1.29 is 9.18 Å². The number of halogens is 2. The third-order valence-corrected chi connectivity index (χ3v) is 4.76. The molecule has 0 radical (unpaired) electrons. The molecule has 5 heteroatoms. The van der Waals surface area contributed by atoms with Crippen molar-refractivity contribution >= 4 is 17.5 Å². The van der Waals surface area contributed by atoms with Gasteiger partial charge in [0.15, 0.2) is 0 Å². The number of pyridine rings is 1. The highest BCUT2D eigenvalue weighted by Crippen LogP contribution is 2.25. The van der Waals surface area contributed by atoms with Crippen molar-refractivity contribution in [1.82, 2.24) is 9.88 Å². The van der Waals surface area contributed by atoms with Crippen LogP contribution in [0.2, 0.25) is 5.15 Å². The predicted octanol–water partition coefficient (Wildman–Crippen LogP) is 4.50. The number of hydrogen-bond acceptors (Lipinski definition) is 2. The molecule has 1 aliphatic carbocycles. The summed E-state index contributed by atoms with van der Waals surface area (Å²) >= 11 is 5.92. The van der Waals surface area contributed by atoms with Crippen LogP contribution in [0.4, 0.5) is 4.39 Å². The van der Waals surface area contributed by atoms with Crippen molar-refractivity contribution in [2.45, 2.75) is 38.1 Å². The minimum Gasteiger partial charge on any atom is -0.335 e. The topological polar surface area (TPSA) is 33.2 Å². The number of carbonyl (C=O) groups excluding carboxylic acids is 1. The molecular formula is C19H20ClFN2O. The summed E-state index contributed by atoms with van der Waals surface area (Å²) in [7, 11) is 0. The molecule has 0 saturated heterocycles. The molecule has 24 heavy (non-hydrogen) atoms. The second-order valence-electron chi connectivity index (χ2n) is 6.18. The van der Waals surface area contributed by atoms with Gasteiger partial charge >= 0.3 is 0 Å². The largest absolute Gasteiger partial charge is 0.335 e. The summed E-state index contributed by atoms with van der Waals surface area (Å²) in [6.07, 6.45) is 6.65. The summed E-state index contributed by atoms with van der Waals surface area (Å²) in [5, 5.41) is 0.325. The highest BCUT2D eigenvalue weighted by Gasteiger charge is 2.27. The smallest absolute Gasteiger partial charge is 0.254 e. The van der Waals surface area contributed by atoms with Gasteiger partial charge in [-0.15, -0.1) is 0 Å². The molecule has 1 aromatic heterocycles. The van der Waals surface area contributed by atoms with Crippen LogP contribution in [0, 0.1) is 5.82 Å². The number of carbonyl (C=O) groups is 1. The molecule has 2 aromatic rings. The number of rotatable bonds is 5. The van der Waals surface area contributed by atoms with Gasteiger partial charge in [0.05, 0.1) is 0 Å². The average Bonchev–Trinajstić information content (AvgIpc) is 3.11. The summed E-state index contributed by atoms with van der Waals surface area (Å²) in [5.74, 6) is -0.248. The van der Waals surface area contributed by atoms with E-state index >= 15 is 0 Å². The second-order valence-corrected chi connectivity index (χ2v) is 6.57. The van der Waals surface area contributed by atoms with E-state index in [1.165, 1.54) is 12.1 Å². The molecule has 0 aliphatic heterocycles. The lowest BCUT2D eigenvalue weighted by atomic mass is 10.1. The Kier molecular flexibility index (Phi) is 5.46. The zero-order valence-corrected chi connectivity index (χ0v) is 14.2. The predicted molar refractivity (Wildman–Crippen MR) is 92.6 cm³/mol. The first-order valence-electron chi connectivity index (χ1n) is 8.30. The van der Waals surface area contributed by atoms with Gasteiger partial charge in [-0.3, -0.25) is 4.79 Å². The molecule has 1 heterocycles. The number of amides is 1. The minimum absolute atomic E-state index is 0.00619. The average molecular weight is 347 g/mol. The Hall–Kier alpha value is -1.94. The molecule has 1 aliphatic rings. The molecule has 126 valence electrons. The molecule has 3 nitrogen and oxygen atoms in total. The molecule has 1 aromatic carbocycles. The van der Waals surface area contributed by atoms with Gasteiger partial charge in [0.1, 0.15) is 11.0 Å². The first-order valence-corrected chi connectivity index (χ1v) is 8.68. The summed E-state index contributed by atoms with van der Waals surface area (Å²) < 4.78 is 13.0.